The molecule has 2 saturated heterocycles. The van der Waals surface area contributed by atoms with Crippen molar-refractivity contribution in [1.82, 2.24) is 9.80 Å². The molecule has 2 aliphatic rings. The number of ether oxygens (including phenoxy) is 1. The van der Waals surface area contributed by atoms with Crippen LogP contribution in [0.5, 0.6) is 0 Å². The summed E-state index contributed by atoms with van der Waals surface area (Å²) in [7, 11) is 0. The molecule has 1 spiro atoms. The van der Waals surface area contributed by atoms with Gasteiger partial charge in [-0.2, -0.15) is 0 Å². The van der Waals surface area contributed by atoms with E-state index in [4.69, 9.17) is 4.74 Å². The molecule has 1 aromatic carbocycles. The van der Waals surface area contributed by atoms with Gasteiger partial charge in [0, 0.05) is 38.6 Å². The van der Waals surface area contributed by atoms with Gasteiger partial charge < -0.3 is 14.5 Å². The first-order valence-corrected chi connectivity index (χ1v) is 8.73. The van der Waals surface area contributed by atoms with Crippen molar-refractivity contribution < 1.29 is 14.3 Å². The maximum absolute atomic E-state index is 12.6. The number of nitrogens with zero attached hydrogens (tertiary/aromatic N) is 2. The van der Waals surface area contributed by atoms with Gasteiger partial charge in [0.05, 0.1) is 13.2 Å². The Morgan fingerprint density at radius 3 is 2.71 bits per heavy atom. The molecular weight excluding hydrogens is 304 g/mol. The van der Waals surface area contributed by atoms with Gasteiger partial charge in [-0.3, -0.25) is 9.59 Å². The second-order valence-corrected chi connectivity index (χ2v) is 7.04. The second-order valence-electron chi connectivity index (χ2n) is 7.04. The smallest absolute Gasteiger partial charge is 0.242 e. The fourth-order valence-corrected chi connectivity index (χ4v) is 3.64. The zero-order valence-corrected chi connectivity index (χ0v) is 14.4. The van der Waals surface area contributed by atoms with Crippen LogP contribution in [0.25, 0.3) is 0 Å². The van der Waals surface area contributed by atoms with E-state index in [1.165, 1.54) is 12.5 Å². The highest BCUT2D eigenvalue weighted by Gasteiger charge is 2.42. The number of likely N-dealkylation sites (tertiary alicyclic amines) is 1. The first-order valence-electron chi connectivity index (χ1n) is 8.73. The van der Waals surface area contributed by atoms with Crippen LogP contribution in [0.4, 0.5) is 0 Å². The molecule has 2 heterocycles. The van der Waals surface area contributed by atoms with E-state index in [9.17, 15) is 9.59 Å². The molecule has 2 fully saturated rings. The standard InChI is InChI=1S/C19H26N2O3/c1-16(22)20(10-7-17-5-3-2-4-6-17)13-18(23)21-11-8-19(14-21)9-12-24-15-19/h2-6H,7-15H2,1H3. The lowest BCUT2D eigenvalue weighted by Crippen LogP contribution is -2.43. The molecular formula is C19H26N2O3. The fourth-order valence-electron chi connectivity index (χ4n) is 3.64. The average molecular weight is 330 g/mol. The first kappa shape index (κ1) is 17.0. The van der Waals surface area contributed by atoms with Gasteiger partial charge in [0.15, 0.2) is 0 Å². The molecule has 0 aromatic heterocycles. The molecule has 5 heteroatoms. The van der Waals surface area contributed by atoms with Crippen molar-refractivity contribution in [2.24, 2.45) is 5.41 Å². The molecule has 2 aliphatic heterocycles. The summed E-state index contributed by atoms with van der Waals surface area (Å²) >= 11 is 0. The molecule has 5 nitrogen and oxygen atoms in total. The van der Waals surface area contributed by atoms with Crippen LogP contribution >= 0.6 is 0 Å². The Bertz CT molecular complexity index is 582. The van der Waals surface area contributed by atoms with E-state index in [-0.39, 0.29) is 23.8 Å². The lowest BCUT2D eigenvalue weighted by atomic mass is 9.87. The summed E-state index contributed by atoms with van der Waals surface area (Å²) in [5.74, 6) is 0.0134. The summed E-state index contributed by atoms with van der Waals surface area (Å²) in [6.07, 6.45) is 2.83. The molecule has 1 atom stereocenters. The van der Waals surface area contributed by atoms with Crippen molar-refractivity contribution in [2.75, 3.05) is 39.4 Å². The van der Waals surface area contributed by atoms with Crippen LogP contribution in [-0.4, -0.2) is 61.0 Å². The van der Waals surface area contributed by atoms with Crippen LogP contribution in [0, 0.1) is 5.41 Å². The van der Waals surface area contributed by atoms with E-state index in [1.54, 1.807) is 4.90 Å². The van der Waals surface area contributed by atoms with Crippen molar-refractivity contribution in [3.8, 4) is 0 Å². The van der Waals surface area contributed by atoms with Gasteiger partial charge in [0.25, 0.3) is 0 Å². The SMILES string of the molecule is CC(=O)N(CCc1ccccc1)CC(=O)N1CCC2(CCOC2)C1. The van der Waals surface area contributed by atoms with E-state index < -0.39 is 0 Å². The van der Waals surface area contributed by atoms with Gasteiger partial charge >= 0.3 is 0 Å². The molecule has 3 rings (SSSR count). The highest BCUT2D eigenvalue weighted by atomic mass is 16.5. The number of rotatable bonds is 5. The molecule has 0 N–H and O–H groups in total. The molecule has 24 heavy (non-hydrogen) atoms. The van der Waals surface area contributed by atoms with Crippen molar-refractivity contribution in [1.29, 1.82) is 0 Å². The van der Waals surface area contributed by atoms with Gasteiger partial charge in [-0.25, -0.2) is 0 Å². The third kappa shape index (κ3) is 3.96. The van der Waals surface area contributed by atoms with E-state index >= 15 is 0 Å². The van der Waals surface area contributed by atoms with Gasteiger partial charge in [-0.05, 0) is 24.8 Å². The first-order chi connectivity index (χ1) is 11.6. The second kappa shape index (κ2) is 7.34. The van der Waals surface area contributed by atoms with Crippen molar-refractivity contribution >= 4 is 11.8 Å². The predicted octanol–water partition coefficient (Wildman–Crippen LogP) is 1.72. The van der Waals surface area contributed by atoms with Crippen LogP contribution in [-0.2, 0) is 20.7 Å². The van der Waals surface area contributed by atoms with Crippen LogP contribution in [0.3, 0.4) is 0 Å². The number of carbonyl (C=O) groups excluding carboxylic acids is 2. The summed E-state index contributed by atoms with van der Waals surface area (Å²) in [4.78, 5) is 28.1. The normalized spacial score (nSPS) is 23.0. The molecule has 0 bridgehead atoms. The lowest BCUT2D eigenvalue weighted by molar-refractivity contribution is -0.139. The Hall–Kier alpha value is -1.88. The monoisotopic (exact) mass is 330 g/mol. The minimum atomic E-state index is -0.0441. The van der Waals surface area contributed by atoms with E-state index in [2.05, 4.69) is 0 Å². The number of benzene rings is 1. The summed E-state index contributed by atoms with van der Waals surface area (Å²) in [6.45, 7) is 5.42. The maximum atomic E-state index is 12.6. The zero-order valence-electron chi connectivity index (χ0n) is 14.4. The maximum Gasteiger partial charge on any atom is 0.242 e. The zero-order chi connectivity index (χ0) is 17.0. The molecule has 0 aliphatic carbocycles. The summed E-state index contributed by atoms with van der Waals surface area (Å²) in [5.41, 5.74) is 1.35. The molecule has 0 saturated carbocycles. The average Bonchev–Trinajstić information content (AvgIpc) is 3.22. The van der Waals surface area contributed by atoms with Crippen molar-refractivity contribution in [3.63, 3.8) is 0 Å². The topological polar surface area (TPSA) is 49.9 Å². The number of hydrogen-bond acceptors (Lipinski definition) is 3. The minimum Gasteiger partial charge on any atom is -0.381 e. The van der Waals surface area contributed by atoms with Gasteiger partial charge in [0.1, 0.15) is 0 Å². The quantitative estimate of drug-likeness (QED) is 0.826. The Morgan fingerprint density at radius 1 is 1.25 bits per heavy atom. The van der Waals surface area contributed by atoms with Gasteiger partial charge in [-0.15, -0.1) is 0 Å². The lowest BCUT2D eigenvalue weighted by Gasteiger charge is -2.26. The van der Waals surface area contributed by atoms with Crippen LogP contribution < -0.4 is 0 Å². The highest BCUT2D eigenvalue weighted by Crippen LogP contribution is 2.38. The third-order valence-corrected chi connectivity index (χ3v) is 5.26. The molecule has 1 unspecified atom stereocenters. The number of amides is 2. The van der Waals surface area contributed by atoms with Crippen molar-refractivity contribution in [2.45, 2.75) is 26.2 Å². The summed E-state index contributed by atoms with van der Waals surface area (Å²) in [6, 6.07) is 10.1. The van der Waals surface area contributed by atoms with E-state index in [0.29, 0.717) is 6.54 Å². The fraction of sp³-hybridized carbons (Fsp3) is 0.579. The largest absolute Gasteiger partial charge is 0.381 e. The molecule has 2 amide bonds. The van der Waals surface area contributed by atoms with Crippen LogP contribution in [0.15, 0.2) is 30.3 Å². The molecule has 1 aromatic rings. The van der Waals surface area contributed by atoms with Gasteiger partial charge in [-0.1, -0.05) is 30.3 Å². The van der Waals surface area contributed by atoms with Crippen LogP contribution in [0.1, 0.15) is 25.3 Å². The Morgan fingerprint density at radius 2 is 2.04 bits per heavy atom. The third-order valence-electron chi connectivity index (χ3n) is 5.26. The number of carbonyl (C=O) groups is 2. The predicted molar refractivity (Wildman–Crippen MR) is 91.5 cm³/mol. The molecule has 130 valence electrons. The Labute approximate surface area is 143 Å². The Balaban J connectivity index is 1.53. The Kier molecular flexibility index (Phi) is 5.19. The number of hydrogen-bond donors (Lipinski definition) is 0. The van der Waals surface area contributed by atoms with E-state index in [0.717, 1.165) is 45.6 Å². The minimum absolute atomic E-state index is 0.0441. The molecule has 0 radical (unpaired) electrons. The van der Waals surface area contributed by atoms with Gasteiger partial charge in [0.2, 0.25) is 11.8 Å². The van der Waals surface area contributed by atoms with Crippen molar-refractivity contribution in [3.05, 3.63) is 35.9 Å². The summed E-state index contributed by atoms with van der Waals surface area (Å²) < 4.78 is 5.51. The van der Waals surface area contributed by atoms with Crippen LogP contribution in [0.2, 0.25) is 0 Å². The summed E-state index contributed by atoms with van der Waals surface area (Å²) in [5, 5.41) is 0. The highest BCUT2D eigenvalue weighted by molar-refractivity contribution is 5.84. The van der Waals surface area contributed by atoms with E-state index in [1.807, 2.05) is 35.2 Å².